The van der Waals surface area contributed by atoms with Crippen molar-refractivity contribution < 1.29 is 14.3 Å². The first-order valence-corrected chi connectivity index (χ1v) is 4.73. The second-order valence-electron chi connectivity index (χ2n) is 3.50. The molecule has 82 valence electrons. The lowest BCUT2D eigenvalue weighted by Gasteiger charge is -2.16. The lowest BCUT2D eigenvalue weighted by molar-refractivity contribution is -0.137. The Kier molecular flexibility index (Phi) is 3.80. The molecule has 0 fully saturated rings. The third-order valence-corrected chi connectivity index (χ3v) is 2.38. The van der Waals surface area contributed by atoms with E-state index < -0.39 is 11.9 Å². The van der Waals surface area contributed by atoms with Crippen molar-refractivity contribution in [2.45, 2.75) is 19.3 Å². The van der Waals surface area contributed by atoms with Crippen LogP contribution < -0.4 is 5.73 Å². The zero-order valence-electron chi connectivity index (χ0n) is 8.53. The van der Waals surface area contributed by atoms with E-state index in [1.54, 1.807) is 19.1 Å². The molecule has 0 radical (unpaired) electrons. The van der Waals surface area contributed by atoms with Crippen molar-refractivity contribution in [1.82, 2.24) is 0 Å². The first-order chi connectivity index (χ1) is 7.06. The van der Waals surface area contributed by atoms with Crippen LogP contribution >= 0.6 is 0 Å². The average Bonchev–Trinajstić information content (AvgIpc) is 2.15. The molecule has 0 bridgehead atoms. The predicted octanol–water partition coefficient (Wildman–Crippen LogP) is 1.65. The van der Waals surface area contributed by atoms with E-state index in [0.29, 0.717) is 5.56 Å². The number of carboxylic acids is 1. The Morgan fingerprint density at radius 3 is 2.73 bits per heavy atom. The molecule has 0 aliphatic rings. The van der Waals surface area contributed by atoms with Gasteiger partial charge in [-0.1, -0.05) is 12.1 Å². The van der Waals surface area contributed by atoms with Gasteiger partial charge in [0.15, 0.2) is 0 Å². The van der Waals surface area contributed by atoms with Gasteiger partial charge in [0.2, 0.25) is 0 Å². The molecule has 1 aromatic rings. The van der Waals surface area contributed by atoms with Gasteiger partial charge in [-0.3, -0.25) is 4.79 Å². The fourth-order valence-corrected chi connectivity index (χ4v) is 1.68. The second-order valence-corrected chi connectivity index (χ2v) is 3.50. The van der Waals surface area contributed by atoms with Crippen LogP contribution in [0, 0.1) is 12.7 Å². The number of carboxylic acid groups (broad SMARTS) is 1. The number of hydrogen-bond acceptors (Lipinski definition) is 2. The Balaban J connectivity index is 3.05. The lowest BCUT2D eigenvalue weighted by atomic mass is 9.91. The molecule has 1 atom stereocenters. The molecule has 3 nitrogen and oxygen atoms in total. The zero-order chi connectivity index (χ0) is 11.4. The number of carbonyl (C=O) groups is 1. The average molecular weight is 211 g/mol. The van der Waals surface area contributed by atoms with Crippen molar-refractivity contribution in [1.29, 1.82) is 0 Å². The molecule has 0 aliphatic carbocycles. The second kappa shape index (κ2) is 4.89. The topological polar surface area (TPSA) is 63.3 Å². The predicted molar refractivity (Wildman–Crippen MR) is 55.2 cm³/mol. The maximum Gasteiger partial charge on any atom is 0.304 e. The van der Waals surface area contributed by atoms with Crippen molar-refractivity contribution in [2.75, 3.05) is 6.54 Å². The molecule has 1 unspecified atom stereocenters. The first-order valence-electron chi connectivity index (χ1n) is 4.73. The molecule has 0 amide bonds. The largest absolute Gasteiger partial charge is 0.481 e. The number of aliphatic carboxylic acids is 1. The molecule has 1 rings (SSSR count). The van der Waals surface area contributed by atoms with E-state index in [9.17, 15) is 9.18 Å². The van der Waals surface area contributed by atoms with Gasteiger partial charge in [-0.2, -0.15) is 0 Å². The molecule has 0 aromatic heterocycles. The number of nitrogens with two attached hydrogens (primary N) is 1. The molecule has 0 heterocycles. The van der Waals surface area contributed by atoms with E-state index in [1.165, 1.54) is 6.07 Å². The monoisotopic (exact) mass is 211 g/mol. The highest BCUT2D eigenvalue weighted by atomic mass is 19.1. The molecule has 3 N–H and O–H groups in total. The van der Waals surface area contributed by atoms with Gasteiger partial charge in [0.05, 0.1) is 6.42 Å². The molecule has 0 saturated heterocycles. The fraction of sp³-hybridized carbons (Fsp3) is 0.364. The highest BCUT2D eigenvalue weighted by Gasteiger charge is 2.19. The molecular weight excluding hydrogens is 197 g/mol. The summed E-state index contributed by atoms with van der Waals surface area (Å²) < 4.78 is 13.5. The van der Waals surface area contributed by atoms with Gasteiger partial charge in [-0.05, 0) is 30.7 Å². The Morgan fingerprint density at radius 1 is 1.60 bits per heavy atom. The van der Waals surface area contributed by atoms with Crippen LogP contribution in [0.2, 0.25) is 0 Å². The van der Waals surface area contributed by atoms with Crippen LogP contribution in [0.15, 0.2) is 18.2 Å². The summed E-state index contributed by atoms with van der Waals surface area (Å²) >= 11 is 0. The van der Waals surface area contributed by atoms with Gasteiger partial charge < -0.3 is 10.8 Å². The SMILES string of the molecule is Cc1cccc(F)c1C(CN)CC(=O)O. The minimum absolute atomic E-state index is 0.133. The summed E-state index contributed by atoms with van der Waals surface area (Å²) in [5.74, 6) is -1.80. The number of halogens is 1. The molecular formula is C11H14FNO2. The highest BCUT2D eigenvalue weighted by molar-refractivity contribution is 5.68. The van der Waals surface area contributed by atoms with Crippen molar-refractivity contribution in [3.05, 3.63) is 35.1 Å². The van der Waals surface area contributed by atoms with Crippen LogP contribution in [-0.2, 0) is 4.79 Å². The molecule has 1 aromatic carbocycles. The van der Waals surface area contributed by atoms with Gasteiger partial charge in [0.1, 0.15) is 5.82 Å². The quantitative estimate of drug-likeness (QED) is 0.796. The van der Waals surface area contributed by atoms with Crippen molar-refractivity contribution in [3.63, 3.8) is 0 Å². The minimum Gasteiger partial charge on any atom is -0.481 e. The summed E-state index contributed by atoms with van der Waals surface area (Å²) in [4.78, 5) is 10.6. The summed E-state index contributed by atoms with van der Waals surface area (Å²) in [5.41, 5.74) is 6.62. The van der Waals surface area contributed by atoms with E-state index in [0.717, 1.165) is 5.56 Å². The van der Waals surface area contributed by atoms with Crippen LogP contribution in [0.4, 0.5) is 4.39 Å². The molecule has 0 aliphatic heterocycles. The van der Waals surface area contributed by atoms with E-state index in [4.69, 9.17) is 10.8 Å². The number of aryl methyl sites for hydroxylation is 1. The smallest absolute Gasteiger partial charge is 0.304 e. The third-order valence-electron chi connectivity index (χ3n) is 2.38. The molecule has 0 spiro atoms. The van der Waals surface area contributed by atoms with Gasteiger partial charge in [0, 0.05) is 5.92 Å². The fourth-order valence-electron chi connectivity index (χ4n) is 1.68. The van der Waals surface area contributed by atoms with Gasteiger partial charge in [-0.25, -0.2) is 4.39 Å². The summed E-state index contributed by atoms with van der Waals surface area (Å²) in [5, 5.41) is 8.68. The summed E-state index contributed by atoms with van der Waals surface area (Å²) in [7, 11) is 0. The zero-order valence-corrected chi connectivity index (χ0v) is 8.53. The number of benzene rings is 1. The van der Waals surface area contributed by atoms with E-state index in [-0.39, 0.29) is 18.8 Å². The van der Waals surface area contributed by atoms with Gasteiger partial charge >= 0.3 is 5.97 Å². The van der Waals surface area contributed by atoms with E-state index >= 15 is 0 Å². The third kappa shape index (κ3) is 2.76. The molecule has 0 saturated carbocycles. The minimum atomic E-state index is -0.965. The Morgan fingerprint density at radius 2 is 2.27 bits per heavy atom. The Hall–Kier alpha value is -1.42. The Labute approximate surface area is 87.7 Å². The van der Waals surface area contributed by atoms with Crippen LogP contribution in [0.3, 0.4) is 0 Å². The van der Waals surface area contributed by atoms with Crippen molar-refractivity contribution in [3.8, 4) is 0 Å². The first kappa shape index (κ1) is 11.7. The maximum atomic E-state index is 13.5. The highest BCUT2D eigenvalue weighted by Crippen LogP contribution is 2.25. The van der Waals surface area contributed by atoms with Crippen LogP contribution in [-0.4, -0.2) is 17.6 Å². The summed E-state index contributed by atoms with van der Waals surface area (Å²) in [6, 6.07) is 4.68. The molecule has 4 heteroatoms. The van der Waals surface area contributed by atoms with Gasteiger partial charge in [0.25, 0.3) is 0 Å². The molecule has 15 heavy (non-hydrogen) atoms. The van der Waals surface area contributed by atoms with Crippen LogP contribution in [0.1, 0.15) is 23.5 Å². The van der Waals surface area contributed by atoms with Gasteiger partial charge in [-0.15, -0.1) is 0 Å². The standard InChI is InChI=1S/C11H14FNO2/c1-7-3-2-4-9(12)11(7)8(6-13)5-10(14)15/h2-4,8H,5-6,13H2,1H3,(H,14,15). The summed E-state index contributed by atoms with van der Waals surface area (Å²) in [6.07, 6.45) is -0.141. The maximum absolute atomic E-state index is 13.5. The normalized spacial score (nSPS) is 12.5. The van der Waals surface area contributed by atoms with Crippen molar-refractivity contribution in [2.24, 2.45) is 5.73 Å². The summed E-state index contributed by atoms with van der Waals surface area (Å²) in [6.45, 7) is 1.89. The van der Waals surface area contributed by atoms with Crippen molar-refractivity contribution >= 4 is 5.97 Å². The van der Waals surface area contributed by atoms with E-state index in [1.807, 2.05) is 0 Å². The number of hydrogen-bond donors (Lipinski definition) is 2. The number of rotatable bonds is 4. The Bertz CT molecular complexity index is 345. The van der Waals surface area contributed by atoms with E-state index in [2.05, 4.69) is 0 Å². The van der Waals surface area contributed by atoms with Crippen LogP contribution in [0.5, 0.6) is 0 Å². The van der Waals surface area contributed by atoms with Crippen LogP contribution in [0.25, 0.3) is 0 Å². The lowest BCUT2D eigenvalue weighted by Crippen LogP contribution is -2.18.